The summed E-state index contributed by atoms with van der Waals surface area (Å²) >= 11 is 3.17. The molecule has 0 aliphatic heterocycles. The number of nitrogens with two attached hydrogens (primary N) is 1. The number of nitrogens with zero attached hydrogens (tertiary/aromatic N) is 2. The second-order valence-corrected chi connectivity index (χ2v) is 4.01. The minimum atomic E-state index is -0.402. The fourth-order valence-corrected chi connectivity index (χ4v) is 1.63. The minimum absolute atomic E-state index is 0.269. The lowest BCUT2D eigenvalue weighted by atomic mass is 10.3. The van der Waals surface area contributed by atoms with E-state index in [1.807, 2.05) is 0 Å². The zero-order chi connectivity index (χ0) is 12.3. The average molecular weight is 299 g/mol. The monoisotopic (exact) mass is 298 g/mol. The molecule has 7 heteroatoms. The van der Waals surface area contributed by atoms with Gasteiger partial charge in [-0.15, -0.1) is 0 Å². The standard InChI is InChI=1S/C10H8BrFN4O/c11-6-1-7(12)3-8(2-6)17-10-4-9(16-13)14-5-15-10/h1-5H,13H2,(H,14,15,16). The van der Waals surface area contributed by atoms with Crippen molar-refractivity contribution < 1.29 is 9.13 Å². The van der Waals surface area contributed by atoms with Crippen LogP contribution in [0.5, 0.6) is 11.6 Å². The maximum Gasteiger partial charge on any atom is 0.224 e. The molecule has 1 heterocycles. The van der Waals surface area contributed by atoms with E-state index in [0.29, 0.717) is 16.0 Å². The van der Waals surface area contributed by atoms with Gasteiger partial charge in [0.2, 0.25) is 5.88 Å². The number of aromatic nitrogens is 2. The van der Waals surface area contributed by atoms with Crippen LogP contribution in [0, 0.1) is 5.82 Å². The molecule has 5 nitrogen and oxygen atoms in total. The predicted octanol–water partition coefficient (Wildman–Crippen LogP) is 2.46. The van der Waals surface area contributed by atoms with E-state index in [9.17, 15) is 4.39 Å². The van der Waals surface area contributed by atoms with E-state index in [-0.39, 0.29) is 5.88 Å². The highest BCUT2D eigenvalue weighted by atomic mass is 79.9. The number of hydrogen-bond donors (Lipinski definition) is 2. The molecule has 3 N–H and O–H groups in total. The lowest BCUT2D eigenvalue weighted by molar-refractivity contribution is 0.456. The maximum absolute atomic E-state index is 13.1. The molecule has 0 saturated heterocycles. The summed E-state index contributed by atoms with van der Waals surface area (Å²) in [7, 11) is 0. The summed E-state index contributed by atoms with van der Waals surface area (Å²) in [6.45, 7) is 0. The third kappa shape index (κ3) is 3.11. The Morgan fingerprint density at radius 2 is 2.06 bits per heavy atom. The quantitative estimate of drug-likeness (QED) is 0.673. The highest BCUT2D eigenvalue weighted by molar-refractivity contribution is 9.10. The lowest BCUT2D eigenvalue weighted by Crippen LogP contribution is -2.08. The third-order valence-corrected chi connectivity index (χ3v) is 2.31. The van der Waals surface area contributed by atoms with E-state index in [0.717, 1.165) is 0 Å². The van der Waals surface area contributed by atoms with Gasteiger partial charge in [-0.1, -0.05) is 15.9 Å². The van der Waals surface area contributed by atoms with E-state index < -0.39 is 5.82 Å². The first-order valence-corrected chi connectivity index (χ1v) is 5.39. The van der Waals surface area contributed by atoms with Crippen LogP contribution < -0.4 is 16.0 Å². The molecule has 0 spiro atoms. The fourth-order valence-electron chi connectivity index (χ4n) is 1.18. The third-order valence-electron chi connectivity index (χ3n) is 1.85. The van der Waals surface area contributed by atoms with Crippen LogP contribution in [0.25, 0.3) is 0 Å². The summed E-state index contributed by atoms with van der Waals surface area (Å²) in [6.07, 6.45) is 1.29. The van der Waals surface area contributed by atoms with Crippen LogP contribution in [0.1, 0.15) is 0 Å². The molecule has 1 aromatic carbocycles. The molecule has 0 radical (unpaired) electrons. The number of benzene rings is 1. The second kappa shape index (κ2) is 5.07. The zero-order valence-electron chi connectivity index (χ0n) is 8.52. The van der Waals surface area contributed by atoms with Crippen LogP contribution in [0.2, 0.25) is 0 Å². The number of nitrogens with one attached hydrogen (secondary N) is 1. The summed E-state index contributed by atoms with van der Waals surface area (Å²) < 4.78 is 19.0. The molecule has 17 heavy (non-hydrogen) atoms. The summed E-state index contributed by atoms with van der Waals surface area (Å²) in [4.78, 5) is 7.70. The van der Waals surface area contributed by atoms with E-state index in [1.165, 1.54) is 24.5 Å². The molecule has 2 aromatic rings. The number of ether oxygens (including phenoxy) is 1. The van der Waals surface area contributed by atoms with Gasteiger partial charge in [0.1, 0.15) is 23.7 Å². The van der Waals surface area contributed by atoms with Crippen LogP contribution in [0.15, 0.2) is 35.1 Å². The van der Waals surface area contributed by atoms with Gasteiger partial charge < -0.3 is 10.2 Å². The van der Waals surface area contributed by atoms with Crippen molar-refractivity contribution in [2.75, 3.05) is 5.43 Å². The summed E-state index contributed by atoms with van der Waals surface area (Å²) in [6, 6.07) is 5.71. The Morgan fingerprint density at radius 3 is 2.76 bits per heavy atom. The SMILES string of the molecule is NNc1cc(Oc2cc(F)cc(Br)c2)ncn1. The summed E-state index contributed by atoms with van der Waals surface area (Å²) in [5.74, 6) is 5.80. The molecule has 0 atom stereocenters. The molecule has 0 aliphatic rings. The molecule has 0 bridgehead atoms. The molecular formula is C10H8BrFN4O. The molecule has 0 saturated carbocycles. The molecule has 1 aromatic heterocycles. The Bertz CT molecular complexity index is 517. The number of nitrogen functional groups attached to an aromatic ring is 1. The highest BCUT2D eigenvalue weighted by Crippen LogP contribution is 2.25. The summed E-state index contributed by atoms with van der Waals surface area (Å²) in [5, 5.41) is 0. The van der Waals surface area contributed by atoms with Crippen LogP contribution >= 0.6 is 15.9 Å². The number of rotatable bonds is 3. The minimum Gasteiger partial charge on any atom is -0.439 e. The van der Waals surface area contributed by atoms with Crippen molar-refractivity contribution >= 4 is 21.7 Å². The van der Waals surface area contributed by atoms with Crippen LogP contribution in [0.4, 0.5) is 10.2 Å². The first-order chi connectivity index (χ1) is 8.17. The van der Waals surface area contributed by atoms with Gasteiger partial charge in [-0.2, -0.15) is 0 Å². The second-order valence-electron chi connectivity index (χ2n) is 3.09. The number of anilines is 1. The van der Waals surface area contributed by atoms with Crippen molar-refractivity contribution in [1.29, 1.82) is 0 Å². The van der Waals surface area contributed by atoms with Gasteiger partial charge in [0.15, 0.2) is 0 Å². The topological polar surface area (TPSA) is 73.1 Å². The number of hydrogen-bond acceptors (Lipinski definition) is 5. The molecular weight excluding hydrogens is 291 g/mol. The smallest absolute Gasteiger partial charge is 0.224 e. The largest absolute Gasteiger partial charge is 0.439 e. The first-order valence-electron chi connectivity index (χ1n) is 4.60. The number of halogens is 2. The van der Waals surface area contributed by atoms with Crippen LogP contribution in [0.3, 0.4) is 0 Å². The molecule has 0 aliphatic carbocycles. The van der Waals surface area contributed by atoms with Gasteiger partial charge in [0.25, 0.3) is 0 Å². The zero-order valence-corrected chi connectivity index (χ0v) is 10.1. The highest BCUT2D eigenvalue weighted by Gasteiger charge is 2.03. The van der Waals surface area contributed by atoms with E-state index in [4.69, 9.17) is 10.6 Å². The fraction of sp³-hybridized carbons (Fsp3) is 0. The molecule has 0 fully saturated rings. The maximum atomic E-state index is 13.1. The average Bonchev–Trinajstić information content (AvgIpc) is 2.28. The van der Waals surface area contributed by atoms with Gasteiger partial charge >= 0.3 is 0 Å². The molecule has 0 unspecified atom stereocenters. The van der Waals surface area contributed by atoms with Crippen molar-refractivity contribution in [2.45, 2.75) is 0 Å². The van der Waals surface area contributed by atoms with E-state index in [1.54, 1.807) is 6.07 Å². The van der Waals surface area contributed by atoms with Crippen molar-refractivity contribution in [3.8, 4) is 11.6 Å². The Hall–Kier alpha value is -1.73. The van der Waals surface area contributed by atoms with Gasteiger partial charge in [-0.3, -0.25) is 0 Å². The Morgan fingerprint density at radius 1 is 1.24 bits per heavy atom. The Balaban J connectivity index is 2.24. The van der Waals surface area contributed by atoms with Crippen molar-refractivity contribution in [3.63, 3.8) is 0 Å². The van der Waals surface area contributed by atoms with Gasteiger partial charge in [0.05, 0.1) is 0 Å². The van der Waals surface area contributed by atoms with Gasteiger partial charge in [0, 0.05) is 16.6 Å². The van der Waals surface area contributed by atoms with Crippen molar-refractivity contribution in [1.82, 2.24) is 9.97 Å². The Labute approximate surface area is 105 Å². The lowest BCUT2D eigenvalue weighted by Gasteiger charge is -2.06. The van der Waals surface area contributed by atoms with E-state index in [2.05, 4.69) is 31.3 Å². The predicted molar refractivity (Wildman–Crippen MR) is 64.0 cm³/mol. The molecule has 0 amide bonds. The van der Waals surface area contributed by atoms with Crippen LogP contribution in [-0.4, -0.2) is 9.97 Å². The number of hydrazine groups is 1. The van der Waals surface area contributed by atoms with Gasteiger partial charge in [-0.25, -0.2) is 20.2 Å². The normalized spacial score (nSPS) is 10.1. The summed E-state index contributed by atoms with van der Waals surface area (Å²) in [5.41, 5.74) is 2.36. The van der Waals surface area contributed by atoms with Crippen molar-refractivity contribution in [3.05, 3.63) is 40.9 Å². The van der Waals surface area contributed by atoms with Crippen molar-refractivity contribution in [2.24, 2.45) is 5.84 Å². The Kier molecular flexibility index (Phi) is 3.50. The molecule has 88 valence electrons. The van der Waals surface area contributed by atoms with Crippen LogP contribution in [-0.2, 0) is 0 Å². The molecule has 2 rings (SSSR count). The van der Waals surface area contributed by atoms with E-state index >= 15 is 0 Å². The van der Waals surface area contributed by atoms with Gasteiger partial charge in [-0.05, 0) is 12.1 Å². The first kappa shape index (κ1) is 11.7.